The number of rotatable bonds is 6. The van der Waals surface area contributed by atoms with Crippen LogP contribution in [0.2, 0.25) is 5.02 Å². The fraction of sp³-hybridized carbons (Fsp3) is 0. The number of hydrogen-bond donors (Lipinski definition) is 1. The lowest BCUT2D eigenvalue weighted by Gasteiger charge is -2.03. The van der Waals surface area contributed by atoms with Crippen LogP contribution in [0.3, 0.4) is 0 Å². The standard InChI is InChI=1S/C21H15ClN2O4/c22-19-9-2-1-8-18(19)21(26)24-23-14-15-5-3-6-17(13-15)28-20(25)11-10-16-7-4-12-27-16/h1-14H,(H,24,26)/b11-10+,23-14-. The van der Waals surface area contributed by atoms with Crippen LogP contribution in [-0.4, -0.2) is 18.1 Å². The van der Waals surface area contributed by atoms with Crippen LogP contribution in [0.4, 0.5) is 0 Å². The van der Waals surface area contributed by atoms with Gasteiger partial charge in [0.25, 0.3) is 5.91 Å². The third-order valence-electron chi connectivity index (χ3n) is 3.50. The smallest absolute Gasteiger partial charge is 0.336 e. The first-order chi connectivity index (χ1) is 13.6. The van der Waals surface area contributed by atoms with Crippen LogP contribution >= 0.6 is 11.6 Å². The number of esters is 1. The number of carbonyl (C=O) groups is 2. The van der Waals surface area contributed by atoms with Gasteiger partial charge in [-0.25, -0.2) is 10.2 Å². The van der Waals surface area contributed by atoms with Gasteiger partial charge in [-0.1, -0.05) is 35.9 Å². The van der Waals surface area contributed by atoms with E-state index < -0.39 is 11.9 Å². The van der Waals surface area contributed by atoms with Gasteiger partial charge in [-0.2, -0.15) is 5.10 Å². The lowest BCUT2D eigenvalue weighted by molar-refractivity contribution is -0.128. The summed E-state index contributed by atoms with van der Waals surface area (Å²) in [6.07, 6.45) is 5.73. The predicted octanol–water partition coefficient (Wildman–Crippen LogP) is 4.32. The zero-order chi connectivity index (χ0) is 19.8. The van der Waals surface area contributed by atoms with Crippen LogP contribution in [0.1, 0.15) is 21.7 Å². The van der Waals surface area contributed by atoms with Gasteiger partial charge in [0, 0.05) is 6.08 Å². The zero-order valence-corrected chi connectivity index (χ0v) is 15.3. The maximum atomic E-state index is 12.0. The number of halogens is 1. The normalized spacial score (nSPS) is 11.0. The Balaban J connectivity index is 1.58. The minimum atomic E-state index is -0.544. The largest absolute Gasteiger partial charge is 0.465 e. The fourth-order valence-corrected chi connectivity index (χ4v) is 2.44. The highest BCUT2D eigenvalue weighted by Crippen LogP contribution is 2.15. The van der Waals surface area contributed by atoms with E-state index in [1.807, 2.05) is 0 Å². The Morgan fingerprint density at radius 3 is 2.71 bits per heavy atom. The number of amides is 1. The first-order valence-corrected chi connectivity index (χ1v) is 8.61. The van der Waals surface area contributed by atoms with E-state index in [2.05, 4.69) is 10.5 Å². The molecular weight excluding hydrogens is 380 g/mol. The van der Waals surface area contributed by atoms with E-state index in [0.717, 1.165) is 0 Å². The summed E-state index contributed by atoms with van der Waals surface area (Å²) in [4.78, 5) is 23.9. The van der Waals surface area contributed by atoms with Crippen molar-refractivity contribution in [2.24, 2.45) is 5.10 Å². The van der Waals surface area contributed by atoms with E-state index in [9.17, 15) is 9.59 Å². The van der Waals surface area contributed by atoms with Crippen molar-refractivity contribution in [2.75, 3.05) is 0 Å². The van der Waals surface area contributed by atoms with E-state index in [0.29, 0.717) is 27.7 Å². The molecule has 0 radical (unpaired) electrons. The van der Waals surface area contributed by atoms with Crippen molar-refractivity contribution in [1.29, 1.82) is 0 Å². The van der Waals surface area contributed by atoms with Crippen molar-refractivity contribution in [2.45, 2.75) is 0 Å². The van der Waals surface area contributed by atoms with Gasteiger partial charge in [0.05, 0.1) is 23.1 Å². The number of furan rings is 1. The number of ether oxygens (including phenoxy) is 1. The summed E-state index contributed by atoms with van der Waals surface area (Å²) in [6, 6.07) is 16.8. The lowest BCUT2D eigenvalue weighted by atomic mass is 10.2. The molecule has 3 rings (SSSR count). The first kappa shape index (κ1) is 19.1. The molecule has 28 heavy (non-hydrogen) atoms. The molecule has 0 aliphatic carbocycles. The van der Waals surface area contributed by atoms with Gasteiger partial charge in [-0.15, -0.1) is 0 Å². The maximum absolute atomic E-state index is 12.0. The van der Waals surface area contributed by atoms with Crippen molar-refractivity contribution < 1.29 is 18.7 Å². The van der Waals surface area contributed by atoms with Crippen LogP contribution in [0.25, 0.3) is 6.08 Å². The summed E-state index contributed by atoms with van der Waals surface area (Å²) in [5.41, 5.74) is 3.37. The molecule has 1 heterocycles. The van der Waals surface area contributed by atoms with Crippen molar-refractivity contribution in [3.63, 3.8) is 0 Å². The molecular formula is C21H15ClN2O4. The lowest BCUT2D eigenvalue weighted by Crippen LogP contribution is -2.17. The van der Waals surface area contributed by atoms with Gasteiger partial charge in [0.15, 0.2) is 0 Å². The van der Waals surface area contributed by atoms with E-state index >= 15 is 0 Å². The quantitative estimate of drug-likeness (QED) is 0.222. The van der Waals surface area contributed by atoms with E-state index in [-0.39, 0.29) is 0 Å². The Morgan fingerprint density at radius 1 is 1.07 bits per heavy atom. The molecule has 0 fully saturated rings. The Kier molecular flexibility index (Phi) is 6.38. The summed E-state index contributed by atoms with van der Waals surface area (Å²) < 4.78 is 10.3. The molecule has 0 atom stereocenters. The van der Waals surface area contributed by atoms with Crippen LogP contribution < -0.4 is 10.2 Å². The van der Waals surface area contributed by atoms with E-state index in [4.69, 9.17) is 20.8 Å². The average Bonchev–Trinajstić information content (AvgIpc) is 3.21. The molecule has 2 aromatic carbocycles. The Labute approximate surface area is 166 Å². The van der Waals surface area contributed by atoms with Gasteiger partial charge < -0.3 is 9.15 Å². The van der Waals surface area contributed by atoms with Crippen molar-refractivity contribution in [3.05, 3.63) is 94.9 Å². The number of hydrazone groups is 1. The molecule has 140 valence electrons. The molecule has 0 saturated carbocycles. The Bertz CT molecular complexity index is 1030. The molecule has 6 nitrogen and oxygen atoms in total. The summed E-state index contributed by atoms with van der Waals surface area (Å²) in [6.45, 7) is 0. The minimum Gasteiger partial charge on any atom is -0.465 e. The van der Waals surface area contributed by atoms with Gasteiger partial charge in [-0.3, -0.25) is 4.79 Å². The zero-order valence-electron chi connectivity index (χ0n) is 14.5. The molecule has 1 N–H and O–H groups in total. The molecule has 0 bridgehead atoms. The number of benzene rings is 2. The predicted molar refractivity (Wildman–Crippen MR) is 106 cm³/mol. The van der Waals surface area contributed by atoms with Crippen molar-refractivity contribution in [1.82, 2.24) is 5.43 Å². The van der Waals surface area contributed by atoms with Crippen molar-refractivity contribution >= 4 is 35.8 Å². The minimum absolute atomic E-state index is 0.326. The highest BCUT2D eigenvalue weighted by atomic mass is 35.5. The average molecular weight is 395 g/mol. The Morgan fingerprint density at radius 2 is 1.93 bits per heavy atom. The molecule has 0 spiro atoms. The highest BCUT2D eigenvalue weighted by molar-refractivity contribution is 6.33. The van der Waals surface area contributed by atoms with Gasteiger partial charge in [0.2, 0.25) is 0 Å². The third-order valence-corrected chi connectivity index (χ3v) is 3.83. The summed E-state index contributed by atoms with van der Waals surface area (Å²) in [5, 5.41) is 4.24. The maximum Gasteiger partial charge on any atom is 0.336 e. The van der Waals surface area contributed by atoms with Gasteiger partial charge in [0.1, 0.15) is 11.5 Å². The summed E-state index contributed by atoms with van der Waals surface area (Å²) in [7, 11) is 0. The van der Waals surface area contributed by atoms with E-state index in [1.54, 1.807) is 60.7 Å². The molecule has 3 aromatic rings. The summed E-state index contributed by atoms with van der Waals surface area (Å²) in [5.74, 6) is -0.0763. The molecule has 1 amide bonds. The second-order valence-corrected chi connectivity index (χ2v) is 5.93. The molecule has 0 saturated heterocycles. The van der Waals surface area contributed by atoms with Crippen LogP contribution in [-0.2, 0) is 4.79 Å². The third kappa shape index (κ3) is 5.43. The van der Waals surface area contributed by atoms with Crippen LogP contribution in [0.15, 0.2) is 82.5 Å². The summed E-state index contributed by atoms with van der Waals surface area (Å²) >= 11 is 5.97. The van der Waals surface area contributed by atoms with Gasteiger partial charge in [-0.05, 0) is 48.0 Å². The highest BCUT2D eigenvalue weighted by Gasteiger charge is 2.08. The second kappa shape index (κ2) is 9.34. The molecule has 1 aromatic heterocycles. The fourth-order valence-electron chi connectivity index (χ4n) is 2.22. The topological polar surface area (TPSA) is 80.9 Å². The molecule has 0 aliphatic heterocycles. The number of carbonyl (C=O) groups excluding carboxylic acids is 2. The van der Waals surface area contributed by atoms with Crippen molar-refractivity contribution in [3.8, 4) is 5.75 Å². The number of nitrogens with one attached hydrogen (secondary N) is 1. The van der Waals surface area contributed by atoms with Crippen LogP contribution in [0, 0.1) is 0 Å². The molecule has 0 unspecified atom stereocenters. The monoisotopic (exact) mass is 394 g/mol. The number of nitrogens with zero attached hydrogens (tertiary/aromatic N) is 1. The van der Waals surface area contributed by atoms with E-state index in [1.165, 1.54) is 24.6 Å². The Hall–Kier alpha value is -3.64. The second-order valence-electron chi connectivity index (χ2n) is 5.52. The molecule has 7 heteroatoms. The number of hydrogen-bond acceptors (Lipinski definition) is 5. The van der Waals surface area contributed by atoms with Gasteiger partial charge >= 0.3 is 5.97 Å². The molecule has 0 aliphatic rings. The first-order valence-electron chi connectivity index (χ1n) is 8.23. The van der Waals surface area contributed by atoms with Crippen LogP contribution in [0.5, 0.6) is 5.75 Å². The SMILES string of the molecule is O=C(/C=C/c1ccco1)Oc1cccc(/C=N\NC(=O)c2ccccc2Cl)c1.